The molecule has 8 nitrogen and oxygen atoms in total. The number of nitrogens with zero attached hydrogens (tertiary/aromatic N) is 3. The fraction of sp³-hybridized carbons (Fsp3) is 0.231. The standard InChI is InChI=1S/C13H10F3N5O3/c14-13(15,16)24-8-3-1-7(2-4-8)18-11(23)9-5-10(22)19-12-20-17-6-21(9)12/h1-4,6,9H,5H2,(H,18,23)(H,19,20,22)/t9-/m0/s1. The summed E-state index contributed by atoms with van der Waals surface area (Å²) in [5, 5.41) is 12.3. The summed E-state index contributed by atoms with van der Waals surface area (Å²) in [5.41, 5.74) is 0.259. The topological polar surface area (TPSA) is 98.1 Å². The Morgan fingerprint density at radius 2 is 2.04 bits per heavy atom. The minimum absolute atomic E-state index is 0.105. The quantitative estimate of drug-likeness (QED) is 0.885. The molecule has 2 aromatic rings. The van der Waals surface area contributed by atoms with E-state index in [4.69, 9.17) is 0 Å². The second kappa shape index (κ2) is 5.83. The molecular weight excluding hydrogens is 331 g/mol. The van der Waals surface area contributed by atoms with Crippen LogP contribution in [0.3, 0.4) is 0 Å². The van der Waals surface area contributed by atoms with E-state index >= 15 is 0 Å². The van der Waals surface area contributed by atoms with Gasteiger partial charge in [-0.3, -0.25) is 19.5 Å². The zero-order chi connectivity index (χ0) is 17.3. The number of benzene rings is 1. The first-order valence-corrected chi connectivity index (χ1v) is 6.68. The molecule has 2 heterocycles. The van der Waals surface area contributed by atoms with Crippen LogP contribution in [0.4, 0.5) is 24.8 Å². The number of carbonyl (C=O) groups excluding carboxylic acids is 2. The number of hydrogen-bond donors (Lipinski definition) is 2. The van der Waals surface area contributed by atoms with Gasteiger partial charge in [-0.1, -0.05) is 0 Å². The summed E-state index contributed by atoms with van der Waals surface area (Å²) < 4.78 is 41.4. The summed E-state index contributed by atoms with van der Waals surface area (Å²) in [5.74, 6) is -1.15. The molecule has 126 valence electrons. The molecule has 0 unspecified atom stereocenters. The molecule has 0 saturated carbocycles. The molecule has 1 aromatic carbocycles. The number of amides is 2. The number of carbonyl (C=O) groups is 2. The first-order chi connectivity index (χ1) is 11.3. The van der Waals surface area contributed by atoms with Gasteiger partial charge in [-0.2, -0.15) is 0 Å². The number of rotatable bonds is 3. The zero-order valence-electron chi connectivity index (χ0n) is 11.9. The normalized spacial score (nSPS) is 17.0. The van der Waals surface area contributed by atoms with Gasteiger partial charge in [0.2, 0.25) is 17.8 Å². The highest BCUT2D eigenvalue weighted by atomic mass is 19.4. The lowest BCUT2D eigenvalue weighted by Gasteiger charge is -2.23. The van der Waals surface area contributed by atoms with Crippen LogP contribution in [-0.4, -0.2) is 32.9 Å². The molecule has 1 aromatic heterocycles. The van der Waals surface area contributed by atoms with Crippen LogP contribution in [0.5, 0.6) is 5.75 Å². The Kier molecular flexibility index (Phi) is 3.83. The van der Waals surface area contributed by atoms with E-state index in [1.54, 1.807) is 0 Å². The number of nitrogens with one attached hydrogen (secondary N) is 2. The highest BCUT2D eigenvalue weighted by molar-refractivity contribution is 6.00. The van der Waals surface area contributed by atoms with Gasteiger partial charge in [0.25, 0.3) is 0 Å². The van der Waals surface area contributed by atoms with Crippen molar-refractivity contribution in [3.8, 4) is 5.75 Å². The summed E-state index contributed by atoms with van der Waals surface area (Å²) in [4.78, 5) is 23.9. The van der Waals surface area contributed by atoms with Crippen LogP contribution in [0.25, 0.3) is 0 Å². The lowest BCUT2D eigenvalue weighted by atomic mass is 10.1. The molecule has 1 aliphatic heterocycles. The second-order valence-electron chi connectivity index (χ2n) is 4.89. The minimum Gasteiger partial charge on any atom is -0.406 e. The van der Waals surface area contributed by atoms with Crippen molar-refractivity contribution in [1.82, 2.24) is 14.8 Å². The van der Waals surface area contributed by atoms with Crippen LogP contribution in [-0.2, 0) is 9.59 Å². The third-order valence-electron chi connectivity index (χ3n) is 3.20. The number of halogens is 3. The number of hydrogen-bond acceptors (Lipinski definition) is 5. The number of ether oxygens (including phenoxy) is 1. The molecule has 0 saturated heterocycles. The lowest BCUT2D eigenvalue weighted by molar-refractivity contribution is -0.274. The van der Waals surface area contributed by atoms with Crippen molar-refractivity contribution in [1.29, 1.82) is 0 Å². The fourth-order valence-electron chi connectivity index (χ4n) is 2.19. The van der Waals surface area contributed by atoms with Crippen LogP contribution in [0.15, 0.2) is 30.6 Å². The maximum Gasteiger partial charge on any atom is 0.573 e. The van der Waals surface area contributed by atoms with Crippen LogP contribution in [0.2, 0.25) is 0 Å². The Balaban J connectivity index is 1.71. The largest absolute Gasteiger partial charge is 0.573 e. The molecule has 0 aliphatic carbocycles. The Morgan fingerprint density at radius 1 is 1.33 bits per heavy atom. The van der Waals surface area contributed by atoms with Crippen molar-refractivity contribution in [3.05, 3.63) is 30.6 Å². The van der Waals surface area contributed by atoms with Gasteiger partial charge >= 0.3 is 6.36 Å². The molecule has 1 atom stereocenters. The Labute approximate surface area is 132 Å². The highest BCUT2D eigenvalue weighted by Gasteiger charge is 2.32. The molecule has 0 radical (unpaired) electrons. The zero-order valence-corrected chi connectivity index (χ0v) is 11.9. The van der Waals surface area contributed by atoms with E-state index in [0.29, 0.717) is 0 Å². The molecule has 24 heavy (non-hydrogen) atoms. The SMILES string of the molecule is O=C1C[C@@H](C(=O)Nc2ccc(OC(F)(F)F)cc2)n2cnnc2N1. The van der Waals surface area contributed by atoms with Gasteiger partial charge in [0.05, 0.1) is 6.42 Å². The van der Waals surface area contributed by atoms with Crippen LogP contribution < -0.4 is 15.4 Å². The van der Waals surface area contributed by atoms with E-state index < -0.39 is 24.1 Å². The van der Waals surface area contributed by atoms with Crippen LogP contribution >= 0.6 is 0 Å². The van der Waals surface area contributed by atoms with Crippen molar-refractivity contribution in [2.24, 2.45) is 0 Å². The summed E-state index contributed by atoms with van der Waals surface area (Å²) in [6.45, 7) is 0. The first kappa shape index (κ1) is 15.8. The van der Waals surface area contributed by atoms with Gasteiger partial charge in [0, 0.05) is 5.69 Å². The van der Waals surface area contributed by atoms with E-state index in [2.05, 4.69) is 25.6 Å². The molecule has 0 spiro atoms. The monoisotopic (exact) mass is 341 g/mol. The summed E-state index contributed by atoms with van der Waals surface area (Å²) in [6, 6.07) is 3.81. The first-order valence-electron chi connectivity index (χ1n) is 6.68. The van der Waals surface area contributed by atoms with Crippen LogP contribution in [0, 0.1) is 0 Å². The molecule has 0 fully saturated rings. The van der Waals surface area contributed by atoms with E-state index in [1.165, 1.54) is 23.0 Å². The smallest absolute Gasteiger partial charge is 0.406 e. The highest BCUT2D eigenvalue weighted by Crippen LogP contribution is 2.26. The van der Waals surface area contributed by atoms with Gasteiger partial charge in [0.15, 0.2) is 0 Å². The molecule has 3 rings (SSSR count). The maximum atomic E-state index is 12.3. The molecule has 1 aliphatic rings. The van der Waals surface area contributed by atoms with E-state index in [9.17, 15) is 22.8 Å². The Hall–Kier alpha value is -3.11. The van der Waals surface area contributed by atoms with Crippen molar-refractivity contribution in [2.45, 2.75) is 18.8 Å². The van der Waals surface area contributed by atoms with Gasteiger partial charge in [-0.25, -0.2) is 0 Å². The molecule has 11 heteroatoms. The third-order valence-corrected chi connectivity index (χ3v) is 3.20. The average Bonchev–Trinajstić information content (AvgIpc) is 2.95. The van der Waals surface area contributed by atoms with Gasteiger partial charge < -0.3 is 10.1 Å². The van der Waals surface area contributed by atoms with Crippen molar-refractivity contribution < 1.29 is 27.5 Å². The molecule has 2 N–H and O–H groups in total. The summed E-state index contributed by atoms with van der Waals surface area (Å²) in [7, 11) is 0. The Bertz CT molecular complexity index is 772. The van der Waals surface area contributed by atoms with E-state index in [1.807, 2.05) is 0 Å². The predicted octanol–water partition coefficient (Wildman–Crippen LogP) is 1.70. The Morgan fingerprint density at radius 3 is 2.71 bits per heavy atom. The third kappa shape index (κ3) is 3.45. The van der Waals surface area contributed by atoms with Crippen LogP contribution in [0.1, 0.15) is 12.5 Å². The van der Waals surface area contributed by atoms with Crippen molar-refractivity contribution >= 4 is 23.5 Å². The van der Waals surface area contributed by atoms with Gasteiger partial charge in [-0.15, -0.1) is 23.4 Å². The fourth-order valence-corrected chi connectivity index (χ4v) is 2.19. The minimum atomic E-state index is -4.79. The molecule has 0 bridgehead atoms. The maximum absolute atomic E-state index is 12.3. The van der Waals surface area contributed by atoms with Crippen molar-refractivity contribution in [3.63, 3.8) is 0 Å². The summed E-state index contributed by atoms with van der Waals surface area (Å²) >= 11 is 0. The number of anilines is 2. The number of aromatic nitrogens is 3. The summed E-state index contributed by atoms with van der Waals surface area (Å²) in [6.07, 6.45) is -3.59. The molecular formula is C13H10F3N5O3. The van der Waals surface area contributed by atoms with E-state index in [-0.39, 0.29) is 24.0 Å². The number of alkyl halides is 3. The lowest BCUT2D eigenvalue weighted by Crippen LogP contribution is -2.35. The number of fused-ring (bicyclic) bond motifs is 1. The van der Waals surface area contributed by atoms with Crippen molar-refractivity contribution in [2.75, 3.05) is 10.6 Å². The molecule has 2 amide bonds. The second-order valence-corrected chi connectivity index (χ2v) is 4.89. The average molecular weight is 341 g/mol. The van der Waals surface area contributed by atoms with Gasteiger partial charge in [-0.05, 0) is 24.3 Å². The van der Waals surface area contributed by atoms with E-state index in [0.717, 1.165) is 12.1 Å². The van der Waals surface area contributed by atoms with Gasteiger partial charge in [0.1, 0.15) is 18.1 Å². The predicted molar refractivity (Wildman–Crippen MR) is 74.1 cm³/mol.